The number of esters is 1. The minimum absolute atomic E-state index is 0.0656. The summed E-state index contributed by atoms with van der Waals surface area (Å²) in [5, 5.41) is 5.89. The van der Waals surface area contributed by atoms with Crippen molar-refractivity contribution < 1.29 is 17.9 Å². The van der Waals surface area contributed by atoms with E-state index in [-0.39, 0.29) is 10.8 Å². The van der Waals surface area contributed by atoms with Gasteiger partial charge in [0.15, 0.2) is 6.04 Å². The highest BCUT2D eigenvalue weighted by molar-refractivity contribution is 7.91. The van der Waals surface area contributed by atoms with Crippen LogP contribution >= 0.6 is 11.3 Å². The molecule has 1 aliphatic heterocycles. The molecule has 112 valence electrons. The van der Waals surface area contributed by atoms with Crippen LogP contribution in [0.5, 0.6) is 0 Å². The number of thiophene rings is 1. The van der Waals surface area contributed by atoms with E-state index in [9.17, 15) is 13.2 Å². The van der Waals surface area contributed by atoms with Crippen LogP contribution in [0.2, 0.25) is 0 Å². The van der Waals surface area contributed by atoms with E-state index in [1.54, 1.807) is 29.4 Å². The third kappa shape index (κ3) is 2.17. The van der Waals surface area contributed by atoms with Crippen molar-refractivity contribution in [2.75, 3.05) is 7.11 Å². The van der Waals surface area contributed by atoms with Gasteiger partial charge < -0.3 is 4.74 Å². The van der Waals surface area contributed by atoms with E-state index in [0.29, 0.717) is 11.3 Å². The zero-order chi connectivity index (χ0) is 15.2. The molecule has 0 aliphatic carbocycles. The second kappa shape index (κ2) is 4.93. The van der Waals surface area contributed by atoms with Gasteiger partial charge in [0.2, 0.25) is 0 Å². The smallest absolute Gasteiger partial charge is 0.328 e. The maximum Gasteiger partial charge on any atom is 0.328 e. The number of hydrogen-bond acceptors (Lipinski definition) is 6. The van der Waals surface area contributed by atoms with Crippen LogP contribution in [0.4, 0.5) is 0 Å². The SMILES string of the molecule is COC(=O)C1c2cn(C)nc2CN1S(=O)(=O)c1cccs1. The number of hydrogen-bond donors (Lipinski definition) is 0. The van der Waals surface area contributed by atoms with E-state index in [2.05, 4.69) is 5.10 Å². The summed E-state index contributed by atoms with van der Waals surface area (Å²) in [7, 11) is -0.779. The Labute approximate surface area is 125 Å². The number of aryl methyl sites for hydroxylation is 1. The average molecular weight is 327 g/mol. The van der Waals surface area contributed by atoms with Crippen LogP contribution in [0.25, 0.3) is 0 Å². The zero-order valence-electron chi connectivity index (χ0n) is 11.4. The Morgan fingerprint density at radius 3 is 2.90 bits per heavy atom. The highest BCUT2D eigenvalue weighted by Gasteiger charge is 2.45. The number of rotatable bonds is 3. The maximum absolute atomic E-state index is 12.7. The largest absolute Gasteiger partial charge is 0.468 e. The molecule has 0 aromatic carbocycles. The summed E-state index contributed by atoms with van der Waals surface area (Å²) >= 11 is 1.12. The Bertz CT molecular complexity index is 780. The van der Waals surface area contributed by atoms with Crippen molar-refractivity contribution in [3.8, 4) is 0 Å². The molecular formula is C12H13N3O4S2. The molecule has 0 saturated carbocycles. The van der Waals surface area contributed by atoms with Crippen LogP contribution in [0, 0.1) is 0 Å². The number of ether oxygens (including phenoxy) is 1. The van der Waals surface area contributed by atoms with Gasteiger partial charge in [-0.1, -0.05) is 6.07 Å². The van der Waals surface area contributed by atoms with Crippen molar-refractivity contribution >= 4 is 27.3 Å². The van der Waals surface area contributed by atoms with Crippen molar-refractivity contribution in [3.63, 3.8) is 0 Å². The monoisotopic (exact) mass is 327 g/mol. The predicted molar refractivity (Wildman–Crippen MR) is 75.0 cm³/mol. The van der Waals surface area contributed by atoms with Crippen LogP contribution < -0.4 is 0 Å². The van der Waals surface area contributed by atoms with Crippen molar-refractivity contribution in [3.05, 3.63) is 35.0 Å². The second-order valence-electron chi connectivity index (χ2n) is 4.61. The molecule has 2 aromatic heterocycles. The molecule has 3 heterocycles. The number of nitrogens with zero attached hydrogens (tertiary/aromatic N) is 3. The summed E-state index contributed by atoms with van der Waals surface area (Å²) in [6, 6.07) is 2.20. The van der Waals surface area contributed by atoms with Gasteiger partial charge in [-0.05, 0) is 11.4 Å². The molecule has 0 fully saturated rings. The Kier molecular flexibility index (Phi) is 3.34. The molecule has 0 N–H and O–H groups in total. The molecule has 1 unspecified atom stereocenters. The molecule has 1 aliphatic rings. The first-order valence-electron chi connectivity index (χ1n) is 6.10. The van der Waals surface area contributed by atoms with Gasteiger partial charge >= 0.3 is 5.97 Å². The summed E-state index contributed by atoms with van der Waals surface area (Å²) in [5.74, 6) is -0.609. The van der Waals surface area contributed by atoms with Crippen LogP contribution in [-0.4, -0.2) is 35.6 Å². The number of carbonyl (C=O) groups excluding carboxylic acids is 1. The topological polar surface area (TPSA) is 81.5 Å². The normalized spacial score (nSPS) is 18.7. The number of aromatic nitrogens is 2. The summed E-state index contributed by atoms with van der Waals surface area (Å²) in [6.45, 7) is 0.0656. The lowest BCUT2D eigenvalue weighted by Crippen LogP contribution is -2.34. The molecule has 0 saturated heterocycles. The van der Waals surface area contributed by atoms with E-state index >= 15 is 0 Å². The number of sulfonamides is 1. The van der Waals surface area contributed by atoms with Gasteiger partial charge in [0.05, 0.1) is 19.3 Å². The molecule has 2 aromatic rings. The maximum atomic E-state index is 12.7. The molecule has 1 atom stereocenters. The second-order valence-corrected chi connectivity index (χ2v) is 7.68. The lowest BCUT2D eigenvalue weighted by Gasteiger charge is -2.21. The molecule has 0 bridgehead atoms. The Morgan fingerprint density at radius 1 is 1.52 bits per heavy atom. The first kappa shape index (κ1) is 14.2. The van der Waals surface area contributed by atoms with Crippen LogP contribution in [0.15, 0.2) is 27.9 Å². The molecule has 7 nitrogen and oxygen atoms in total. The summed E-state index contributed by atoms with van der Waals surface area (Å²) in [5.41, 5.74) is 1.15. The predicted octanol–water partition coefficient (Wildman–Crippen LogP) is 0.900. The Hall–Kier alpha value is -1.71. The van der Waals surface area contributed by atoms with Crippen LogP contribution in [0.1, 0.15) is 17.3 Å². The Morgan fingerprint density at radius 2 is 2.29 bits per heavy atom. The van der Waals surface area contributed by atoms with Gasteiger partial charge in [-0.3, -0.25) is 4.68 Å². The number of methoxy groups -OCH3 is 1. The lowest BCUT2D eigenvalue weighted by molar-refractivity contribution is -0.145. The van der Waals surface area contributed by atoms with E-state index in [4.69, 9.17) is 4.74 Å². The van der Waals surface area contributed by atoms with Crippen molar-refractivity contribution in [1.82, 2.24) is 14.1 Å². The van der Waals surface area contributed by atoms with Crippen molar-refractivity contribution in [1.29, 1.82) is 0 Å². The van der Waals surface area contributed by atoms with E-state index in [1.165, 1.54) is 13.2 Å². The first-order valence-corrected chi connectivity index (χ1v) is 8.42. The van der Waals surface area contributed by atoms with E-state index in [1.807, 2.05) is 0 Å². The highest BCUT2D eigenvalue weighted by atomic mass is 32.2. The third-order valence-corrected chi connectivity index (χ3v) is 6.49. The van der Waals surface area contributed by atoms with Crippen LogP contribution in [0.3, 0.4) is 0 Å². The minimum Gasteiger partial charge on any atom is -0.468 e. The highest BCUT2D eigenvalue weighted by Crippen LogP contribution is 2.38. The standard InChI is InChI=1S/C12H13N3O4S2/c1-14-6-8-9(13-14)7-15(11(8)12(16)19-2)21(17,18)10-4-3-5-20-10/h3-6,11H,7H2,1-2H3. The lowest BCUT2D eigenvalue weighted by atomic mass is 10.2. The van der Waals surface area contributed by atoms with E-state index in [0.717, 1.165) is 15.6 Å². The fourth-order valence-corrected chi connectivity index (χ4v) is 5.04. The van der Waals surface area contributed by atoms with Gasteiger partial charge in [0, 0.05) is 18.8 Å². The van der Waals surface area contributed by atoms with Gasteiger partial charge in [-0.2, -0.15) is 9.40 Å². The third-order valence-electron chi connectivity index (χ3n) is 3.31. The zero-order valence-corrected chi connectivity index (χ0v) is 13.0. The summed E-state index contributed by atoms with van der Waals surface area (Å²) in [6.07, 6.45) is 1.65. The van der Waals surface area contributed by atoms with Crippen molar-refractivity contribution in [2.45, 2.75) is 16.8 Å². The molecule has 0 spiro atoms. The first-order chi connectivity index (χ1) is 9.95. The molecule has 0 radical (unpaired) electrons. The van der Waals surface area contributed by atoms with Gasteiger partial charge in [0.25, 0.3) is 10.0 Å². The summed E-state index contributed by atoms with van der Waals surface area (Å²) < 4.78 is 33.0. The molecular weight excluding hydrogens is 314 g/mol. The van der Waals surface area contributed by atoms with Gasteiger partial charge in [0.1, 0.15) is 4.21 Å². The minimum atomic E-state index is -3.75. The fourth-order valence-electron chi connectivity index (χ4n) is 2.40. The molecule has 21 heavy (non-hydrogen) atoms. The summed E-state index contributed by atoms with van der Waals surface area (Å²) in [4.78, 5) is 12.1. The average Bonchev–Trinajstić information content (AvgIpc) is 3.11. The number of carbonyl (C=O) groups is 1. The van der Waals surface area contributed by atoms with Crippen LogP contribution in [-0.2, 0) is 33.1 Å². The Balaban J connectivity index is 2.08. The van der Waals surface area contributed by atoms with Gasteiger partial charge in [-0.25, -0.2) is 13.2 Å². The fraction of sp³-hybridized carbons (Fsp3) is 0.333. The van der Waals surface area contributed by atoms with Gasteiger partial charge in [-0.15, -0.1) is 11.3 Å². The molecule has 0 amide bonds. The molecule has 9 heteroatoms. The molecule has 3 rings (SSSR count). The number of fused-ring (bicyclic) bond motifs is 1. The quantitative estimate of drug-likeness (QED) is 0.782. The van der Waals surface area contributed by atoms with Crippen molar-refractivity contribution in [2.24, 2.45) is 7.05 Å². The van der Waals surface area contributed by atoms with E-state index < -0.39 is 22.0 Å².